The predicted molar refractivity (Wildman–Crippen MR) is 34.6 cm³/mol. The summed E-state index contributed by atoms with van der Waals surface area (Å²) >= 11 is 0. The minimum absolute atomic E-state index is 0.134. The molecule has 0 radical (unpaired) electrons. The van der Waals surface area contributed by atoms with Crippen LogP contribution in [0.2, 0.25) is 0 Å². The summed E-state index contributed by atoms with van der Waals surface area (Å²) in [6.07, 6.45) is 0. The Labute approximate surface area is 51.1 Å². The van der Waals surface area contributed by atoms with E-state index in [1.165, 1.54) is 0 Å². The summed E-state index contributed by atoms with van der Waals surface area (Å²) < 4.78 is 11.9. The molecule has 0 saturated carbocycles. The molecule has 0 fully saturated rings. The molecule has 0 aliphatic heterocycles. The Kier molecular flexibility index (Phi) is 2.45. The van der Waals surface area contributed by atoms with Crippen LogP contribution in [0.25, 0.3) is 0 Å². The van der Waals surface area contributed by atoms with Gasteiger partial charge in [-0.3, -0.25) is 4.39 Å². The summed E-state index contributed by atoms with van der Waals surface area (Å²) in [5, 5.41) is 0. The van der Waals surface area contributed by atoms with E-state index in [0.29, 0.717) is 0 Å². The standard InChI is InChI=1S/C7H15F/c1-6(5-8)7(2,3)4/h6H,5H2,1-4H3/t6-/m1/s1. The van der Waals surface area contributed by atoms with Crippen molar-refractivity contribution in [3.8, 4) is 0 Å². The van der Waals surface area contributed by atoms with E-state index >= 15 is 0 Å². The molecule has 0 aromatic carbocycles. The Morgan fingerprint density at radius 1 is 1.38 bits per heavy atom. The van der Waals surface area contributed by atoms with Crippen molar-refractivity contribution in [3.63, 3.8) is 0 Å². The molecule has 0 rings (SSSR count). The zero-order valence-electron chi connectivity index (χ0n) is 6.16. The molecular weight excluding hydrogens is 103 g/mol. The van der Waals surface area contributed by atoms with Gasteiger partial charge in [-0.1, -0.05) is 27.7 Å². The Balaban J connectivity index is 3.62. The first kappa shape index (κ1) is 7.93. The van der Waals surface area contributed by atoms with Crippen molar-refractivity contribution in [2.45, 2.75) is 27.7 Å². The number of rotatable bonds is 1. The zero-order chi connectivity index (χ0) is 6.78. The van der Waals surface area contributed by atoms with E-state index < -0.39 is 0 Å². The maximum atomic E-state index is 11.9. The highest BCUT2D eigenvalue weighted by Gasteiger charge is 2.18. The van der Waals surface area contributed by atoms with Crippen molar-refractivity contribution in [2.24, 2.45) is 11.3 Å². The van der Waals surface area contributed by atoms with E-state index in [0.717, 1.165) is 0 Å². The molecule has 0 aromatic heterocycles. The van der Waals surface area contributed by atoms with Crippen molar-refractivity contribution in [1.29, 1.82) is 0 Å². The number of hydrogen-bond donors (Lipinski definition) is 0. The predicted octanol–water partition coefficient (Wildman–Crippen LogP) is 2.64. The van der Waals surface area contributed by atoms with Crippen molar-refractivity contribution in [1.82, 2.24) is 0 Å². The van der Waals surface area contributed by atoms with E-state index in [-0.39, 0.29) is 18.0 Å². The van der Waals surface area contributed by atoms with Gasteiger partial charge < -0.3 is 0 Å². The molecule has 0 heterocycles. The molecule has 0 aliphatic carbocycles. The lowest BCUT2D eigenvalue weighted by Crippen LogP contribution is -2.18. The third kappa shape index (κ3) is 2.29. The maximum absolute atomic E-state index is 11.9. The lowest BCUT2D eigenvalue weighted by molar-refractivity contribution is 0.210. The molecule has 0 amide bonds. The Hall–Kier alpha value is -0.0700. The molecule has 0 spiro atoms. The summed E-state index contributed by atoms with van der Waals surface area (Å²) in [6.45, 7) is 7.88. The van der Waals surface area contributed by atoms with Gasteiger partial charge in [-0.15, -0.1) is 0 Å². The summed E-state index contributed by atoms with van der Waals surface area (Å²) in [4.78, 5) is 0. The lowest BCUT2D eigenvalue weighted by atomic mass is 9.83. The zero-order valence-corrected chi connectivity index (χ0v) is 6.16. The second-order valence-electron chi connectivity index (χ2n) is 3.42. The smallest absolute Gasteiger partial charge is 0.0924 e. The number of hydrogen-bond acceptors (Lipinski definition) is 0. The Bertz CT molecular complexity index is 61.3. The van der Waals surface area contributed by atoms with Crippen LogP contribution in [0.4, 0.5) is 4.39 Å². The number of halogens is 1. The molecule has 1 heteroatoms. The third-order valence-corrected chi connectivity index (χ3v) is 1.71. The second kappa shape index (κ2) is 2.47. The minimum Gasteiger partial charge on any atom is -0.251 e. The van der Waals surface area contributed by atoms with Gasteiger partial charge in [-0.25, -0.2) is 0 Å². The van der Waals surface area contributed by atoms with Crippen molar-refractivity contribution < 1.29 is 4.39 Å². The lowest BCUT2D eigenvalue weighted by Gasteiger charge is -2.23. The fraction of sp³-hybridized carbons (Fsp3) is 1.00. The van der Waals surface area contributed by atoms with Gasteiger partial charge in [0.1, 0.15) is 0 Å². The first-order valence-corrected chi connectivity index (χ1v) is 3.04. The molecule has 0 nitrogen and oxygen atoms in total. The van der Waals surface area contributed by atoms with E-state index in [2.05, 4.69) is 20.8 Å². The van der Waals surface area contributed by atoms with Gasteiger partial charge in [0.15, 0.2) is 0 Å². The van der Waals surface area contributed by atoms with Crippen LogP contribution in [-0.2, 0) is 0 Å². The Morgan fingerprint density at radius 3 is 1.75 bits per heavy atom. The first-order valence-electron chi connectivity index (χ1n) is 3.04. The van der Waals surface area contributed by atoms with Gasteiger partial charge >= 0.3 is 0 Å². The molecule has 50 valence electrons. The van der Waals surface area contributed by atoms with Gasteiger partial charge in [0.05, 0.1) is 6.67 Å². The molecule has 0 saturated heterocycles. The molecule has 0 unspecified atom stereocenters. The van der Waals surface area contributed by atoms with Crippen LogP contribution in [0.15, 0.2) is 0 Å². The topological polar surface area (TPSA) is 0 Å². The van der Waals surface area contributed by atoms with E-state index in [4.69, 9.17) is 0 Å². The van der Waals surface area contributed by atoms with E-state index in [1.54, 1.807) is 0 Å². The quantitative estimate of drug-likeness (QED) is 0.496. The molecule has 1 atom stereocenters. The van der Waals surface area contributed by atoms with E-state index in [9.17, 15) is 4.39 Å². The molecular formula is C7H15F. The monoisotopic (exact) mass is 118 g/mol. The van der Waals surface area contributed by atoms with Crippen molar-refractivity contribution in [3.05, 3.63) is 0 Å². The highest BCUT2D eigenvalue weighted by molar-refractivity contribution is 4.68. The second-order valence-corrected chi connectivity index (χ2v) is 3.42. The van der Waals surface area contributed by atoms with Crippen molar-refractivity contribution >= 4 is 0 Å². The van der Waals surface area contributed by atoms with Gasteiger partial charge in [0.2, 0.25) is 0 Å². The summed E-state index contributed by atoms with van der Waals surface area (Å²) in [7, 11) is 0. The maximum Gasteiger partial charge on any atom is 0.0924 e. The van der Waals surface area contributed by atoms with E-state index in [1.807, 2.05) is 6.92 Å². The van der Waals surface area contributed by atoms with Crippen molar-refractivity contribution in [2.75, 3.05) is 6.67 Å². The number of alkyl halides is 1. The van der Waals surface area contributed by atoms with Gasteiger partial charge in [0.25, 0.3) is 0 Å². The van der Waals surface area contributed by atoms with Crippen LogP contribution in [-0.4, -0.2) is 6.67 Å². The molecule has 0 bridgehead atoms. The SMILES string of the molecule is C[C@H](CF)C(C)(C)C. The summed E-state index contributed by atoms with van der Waals surface area (Å²) in [5.41, 5.74) is 0.134. The largest absolute Gasteiger partial charge is 0.251 e. The first-order chi connectivity index (χ1) is 3.48. The molecule has 0 aliphatic rings. The molecule has 8 heavy (non-hydrogen) atoms. The van der Waals surface area contributed by atoms with Crippen LogP contribution in [0.1, 0.15) is 27.7 Å². The minimum atomic E-state index is -0.205. The summed E-state index contributed by atoms with van der Waals surface area (Å²) in [5.74, 6) is 0.183. The summed E-state index contributed by atoms with van der Waals surface area (Å²) in [6, 6.07) is 0. The van der Waals surface area contributed by atoms with Crippen LogP contribution in [0, 0.1) is 11.3 Å². The van der Waals surface area contributed by atoms with Crippen LogP contribution < -0.4 is 0 Å². The van der Waals surface area contributed by atoms with Crippen LogP contribution in [0.5, 0.6) is 0 Å². The fourth-order valence-electron chi connectivity index (χ4n) is 0.231. The molecule has 0 N–H and O–H groups in total. The highest BCUT2D eigenvalue weighted by Crippen LogP contribution is 2.24. The van der Waals surface area contributed by atoms with Gasteiger partial charge in [-0.05, 0) is 11.3 Å². The molecule has 0 aromatic rings. The fourth-order valence-corrected chi connectivity index (χ4v) is 0.231. The average Bonchev–Trinajstić information content (AvgIpc) is 1.62. The highest BCUT2D eigenvalue weighted by atomic mass is 19.1. The normalized spacial score (nSPS) is 16.1. The van der Waals surface area contributed by atoms with Crippen LogP contribution >= 0.6 is 0 Å². The Morgan fingerprint density at radius 2 is 1.75 bits per heavy atom. The average molecular weight is 118 g/mol. The van der Waals surface area contributed by atoms with Crippen LogP contribution in [0.3, 0.4) is 0 Å². The van der Waals surface area contributed by atoms with Gasteiger partial charge in [-0.2, -0.15) is 0 Å². The third-order valence-electron chi connectivity index (χ3n) is 1.71. The van der Waals surface area contributed by atoms with Gasteiger partial charge in [0, 0.05) is 0 Å².